The topological polar surface area (TPSA) is 142 Å². The molecular weight excluding hydrogens is 635 g/mol. The molecule has 1 heterocycles. The van der Waals surface area contributed by atoms with Crippen LogP contribution in [0.1, 0.15) is 36.5 Å². The molecule has 4 N–H and O–H groups in total. The number of primary amides is 1. The van der Waals surface area contributed by atoms with Gasteiger partial charge in [-0.05, 0) is 42.2 Å². The van der Waals surface area contributed by atoms with Crippen molar-refractivity contribution in [2.45, 2.75) is 51.0 Å². The quantitative estimate of drug-likeness (QED) is 0.395. The van der Waals surface area contributed by atoms with Gasteiger partial charge in [0.05, 0.1) is 17.9 Å². The second kappa shape index (κ2) is 16.5. The van der Waals surface area contributed by atoms with E-state index in [9.17, 15) is 37.1 Å². The number of nitrogens with zero attached hydrogens (tertiary/aromatic N) is 2. The molecule has 1 aliphatic rings. The lowest BCUT2D eigenvalue weighted by molar-refractivity contribution is -0.144. The maximum atomic E-state index is 13.8. The third-order valence-electron chi connectivity index (χ3n) is 6.92. The summed E-state index contributed by atoms with van der Waals surface area (Å²) in [5, 5.41) is 5.59. The molecule has 0 aliphatic carbocycles. The minimum atomic E-state index is -4.57. The van der Waals surface area contributed by atoms with Crippen LogP contribution in [0.4, 0.5) is 13.2 Å². The van der Waals surface area contributed by atoms with Gasteiger partial charge in [0, 0.05) is 23.9 Å². The molecule has 10 nitrogen and oxygen atoms in total. The number of amides is 5. The average Bonchev–Trinajstić information content (AvgIpc) is 2.97. The van der Waals surface area contributed by atoms with E-state index in [4.69, 9.17) is 17.3 Å². The molecule has 1 fully saturated rings. The van der Waals surface area contributed by atoms with Gasteiger partial charge in [-0.3, -0.25) is 24.0 Å². The van der Waals surface area contributed by atoms with Crippen molar-refractivity contribution in [3.8, 4) is 0 Å². The molecule has 244 valence electrons. The molecule has 5 amide bonds. The van der Waals surface area contributed by atoms with E-state index in [-0.39, 0.29) is 43.0 Å². The van der Waals surface area contributed by atoms with E-state index in [1.54, 1.807) is 24.3 Å². The summed E-state index contributed by atoms with van der Waals surface area (Å²) in [5.74, 6) is -3.44. The highest BCUT2D eigenvalue weighted by Gasteiger charge is 2.32. The van der Waals surface area contributed by atoms with Crippen LogP contribution in [0, 0.1) is 0 Å². The first-order valence-corrected chi connectivity index (χ1v) is 15.7. The van der Waals surface area contributed by atoms with Gasteiger partial charge in [0.15, 0.2) is 0 Å². The molecule has 0 aromatic heterocycles. The number of hydrogen-bond donors (Lipinski definition) is 3. The lowest BCUT2D eigenvalue weighted by Gasteiger charge is -2.30. The Kier molecular flexibility index (Phi) is 13.1. The third kappa shape index (κ3) is 11.3. The second-order valence-corrected chi connectivity index (χ2v) is 12.0. The minimum Gasteiger partial charge on any atom is -0.368 e. The lowest BCUT2D eigenvalue weighted by atomic mass is 10.1. The van der Waals surface area contributed by atoms with Crippen molar-refractivity contribution in [3.05, 3.63) is 70.2 Å². The molecule has 0 spiro atoms. The molecule has 1 aliphatic heterocycles. The molecule has 2 atom stereocenters. The van der Waals surface area contributed by atoms with Crippen molar-refractivity contribution < 1.29 is 37.1 Å². The van der Waals surface area contributed by atoms with Gasteiger partial charge in [-0.25, -0.2) is 0 Å². The molecule has 0 unspecified atom stereocenters. The molecule has 3 rings (SSSR count). The van der Waals surface area contributed by atoms with E-state index in [0.717, 1.165) is 28.8 Å². The Balaban J connectivity index is 1.97. The summed E-state index contributed by atoms with van der Waals surface area (Å²) < 4.78 is 39.9. The fourth-order valence-electron chi connectivity index (χ4n) is 4.67. The summed E-state index contributed by atoms with van der Waals surface area (Å²) in [4.78, 5) is 67.8. The summed E-state index contributed by atoms with van der Waals surface area (Å²) in [5.41, 5.74) is 5.48. The number of halogens is 4. The first-order chi connectivity index (χ1) is 21.3. The predicted octanol–water partition coefficient (Wildman–Crippen LogP) is 2.76. The van der Waals surface area contributed by atoms with Crippen LogP contribution in [0.15, 0.2) is 48.5 Å². The normalized spacial score (nSPS) is 19.4. The molecule has 2 aromatic carbocycles. The molecule has 0 saturated carbocycles. The summed E-state index contributed by atoms with van der Waals surface area (Å²) in [6.07, 6.45) is -3.79. The van der Waals surface area contributed by atoms with Crippen molar-refractivity contribution in [2.24, 2.45) is 5.73 Å². The highest BCUT2D eigenvalue weighted by molar-refractivity contribution is 8.00. The number of alkyl halides is 3. The number of benzene rings is 2. The number of carbonyl (C=O) groups is 5. The van der Waals surface area contributed by atoms with Gasteiger partial charge in [-0.15, -0.1) is 11.8 Å². The second-order valence-electron chi connectivity index (χ2n) is 10.5. The fraction of sp³-hybridized carbons (Fsp3) is 0.433. The standard InChI is InChI=1S/C30H35ClF3N5O5S/c1-2-5-23-29(44)39(14-20-7-4-9-22(31)13-20)16-27(42)38(11-10-19-6-3-8-21(12-19)30(32,33)34)15-25(40)37-24(28(35)43)17-45-18-26(41)36-23/h3-4,6-9,12-13,23-24H,2,5,10-11,14-18H2,1H3,(H2,35,43)(H,36,41)(H,37,40)/t23-,24+/m0/s1. The molecule has 15 heteroatoms. The van der Waals surface area contributed by atoms with E-state index >= 15 is 0 Å². The zero-order valence-corrected chi connectivity index (χ0v) is 26.1. The van der Waals surface area contributed by atoms with E-state index in [1.165, 1.54) is 17.0 Å². The third-order valence-corrected chi connectivity index (χ3v) is 8.19. The SMILES string of the molecule is CCC[C@@H]1NC(=O)CSC[C@H](C(N)=O)NC(=O)CN(CCc2cccc(C(F)(F)F)c2)C(=O)CN(Cc2cccc(Cl)c2)C1=O. The smallest absolute Gasteiger partial charge is 0.368 e. The van der Waals surface area contributed by atoms with Gasteiger partial charge in [-0.2, -0.15) is 13.2 Å². The van der Waals surface area contributed by atoms with Crippen LogP contribution in [0.2, 0.25) is 5.02 Å². The zero-order valence-electron chi connectivity index (χ0n) is 24.6. The van der Waals surface area contributed by atoms with E-state index in [0.29, 0.717) is 17.0 Å². The Labute approximate surface area is 268 Å². The summed E-state index contributed by atoms with van der Waals surface area (Å²) in [6.45, 7) is 0.554. The first kappa shape index (κ1) is 35.7. The monoisotopic (exact) mass is 669 g/mol. The molecule has 0 bridgehead atoms. The van der Waals surface area contributed by atoms with E-state index < -0.39 is 66.4 Å². The average molecular weight is 670 g/mol. The largest absolute Gasteiger partial charge is 0.416 e. The zero-order chi connectivity index (χ0) is 33.1. The van der Waals surface area contributed by atoms with Gasteiger partial charge in [0.2, 0.25) is 29.5 Å². The Bertz CT molecular complexity index is 1400. The summed E-state index contributed by atoms with van der Waals surface area (Å²) in [6, 6.07) is 9.16. The minimum absolute atomic E-state index is 0.0329. The molecule has 2 aromatic rings. The van der Waals surface area contributed by atoms with Crippen molar-refractivity contribution in [2.75, 3.05) is 31.1 Å². The van der Waals surface area contributed by atoms with Gasteiger partial charge in [0.1, 0.15) is 18.6 Å². The Morgan fingerprint density at radius 1 is 1.00 bits per heavy atom. The highest BCUT2D eigenvalue weighted by atomic mass is 35.5. The van der Waals surface area contributed by atoms with Crippen molar-refractivity contribution in [1.82, 2.24) is 20.4 Å². The Hall–Kier alpha value is -3.78. The number of carbonyl (C=O) groups excluding carboxylic acids is 5. The van der Waals surface area contributed by atoms with E-state index in [2.05, 4.69) is 10.6 Å². The van der Waals surface area contributed by atoms with Crippen LogP contribution in [0.3, 0.4) is 0 Å². The van der Waals surface area contributed by atoms with E-state index in [1.807, 2.05) is 6.92 Å². The molecule has 45 heavy (non-hydrogen) atoms. The maximum absolute atomic E-state index is 13.8. The van der Waals surface area contributed by atoms with Crippen molar-refractivity contribution in [3.63, 3.8) is 0 Å². The van der Waals surface area contributed by atoms with Gasteiger partial charge in [0.25, 0.3) is 0 Å². The first-order valence-electron chi connectivity index (χ1n) is 14.2. The Morgan fingerprint density at radius 2 is 1.71 bits per heavy atom. The summed E-state index contributed by atoms with van der Waals surface area (Å²) >= 11 is 7.18. The highest BCUT2D eigenvalue weighted by Crippen LogP contribution is 2.29. The van der Waals surface area contributed by atoms with Gasteiger partial charge in [-0.1, -0.05) is 55.3 Å². The van der Waals surface area contributed by atoms with Crippen molar-refractivity contribution >= 4 is 52.9 Å². The van der Waals surface area contributed by atoms with Crippen LogP contribution >= 0.6 is 23.4 Å². The molecule has 0 radical (unpaired) electrons. The van der Waals surface area contributed by atoms with Crippen LogP contribution in [-0.4, -0.2) is 82.6 Å². The van der Waals surface area contributed by atoms with Crippen LogP contribution in [0.25, 0.3) is 0 Å². The van der Waals surface area contributed by atoms with Crippen LogP contribution < -0.4 is 16.4 Å². The summed E-state index contributed by atoms with van der Waals surface area (Å²) in [7, 11) is 0. The number of thioether (sulfide) groups is 1. The van der Waals surface area contributed by atoms with Crippen molar-refractivity contribution in [1.29, 1.82) is 0 Å². The maximum Gasteiger partial charge on any atom is 0.416 e. The number of nitrogens with one attached hydrogen (secondary N) is 2. The Morgan fingerprint density at radius 3 is 2.38 bits per heavy atom. The fourth-order valence-corrected chi connectivity index (χ4v) is 5.75. The number of nitrogens with two attached hydrogens (primary N) is 1. The number of hydrogen-bond acceptors (Lipinski definition) is 6. The lowest BCUT2D eigenvalue weighted by Crippen LogP contribution is -2.53. The molecular formula is C30H35ClF3N5O5S. The van der Waals surface area contributed by atoms with Crippen LogP contribution in [-0.2, 0) is 43.1 Å². The van der Waals surface area contributed by atoms with Gasteiger partial charge >= 0.3 is 6.18 Å². The van der Waals surface area contributed by atoms with Gasteiger partial charge < -0.3 is 26.2 Å². The molecule has 1 saturated heterocycles. The number of rotatable bonds is 8. The van der Waals surface area contributed by atoms with Crippen LogP contribution in [0.5, 0.6) is 0 Å². The predicted molar refractivity (Wildman–Crippen MR) is 164 cm³/mol.